The number of methoxy groups -OCH3 is 1. The van der Waals surface area contributed by atoms with Gasteiger partial charge in [0.25, 0.3) is 0 Å². The van der Waals surface area contributed by atoms with E-state index in [2.05, 4.69) is 23.9 Å². The summed E-state index contributed by atoms with van der Waals surface area (Å²) in [5.74, 6) is 0.354. The molecule has 0 aliphatic heterocycles. The van der Waals surface area contributed by atoms with Gasteiger partial charge in [0.1, 0.15) is 0 Å². The fraction of sp³-hybridized carbons (Fsp3) is 0.500. The van der Waals surface area contributed by atoms with Crippen LogP contribution < -0.4 is 14.8 Å². The van der Waals surface area contributed by atoms with Gasteiger partial charge in [-0.1, -0.05) is 31.6 Å². The maximum absolute atomic E-state index is 12.4. The number of hydrogen-bond donors (Lipinski definition) is 1. The fourth-order valence-corrected chi connectivity index (χ4v) is 1.91. The highest BCUT2D eigenvalue weighted by Crippen LogP contribution is 2.30. The molecule has 0 aromatic heterocycles. The van der Waals surface area contributed by atoms with Gasteiger partial charge >= 0.3 is 6.61 Å². The van der Waals surface area contributed by atoms with Crippen LogP contribution in [0, 0.1) is 0 Å². The molecule has 0 saturated heterocycles. The van der Waals surface area contributed by atoms with E-state index >= 15 is 0 Å². The molecule has 0 saturated carbocycles. The summed E-state index contributed by atoms with van der Waals surface area (Å²) in [6.45, 7) is 3.07. The number of hydrogen-bond acceptors (Lipinski definition) is 3. The predicted molar refractivity (Wildman–Crippen MR) is 81.1 cm³/mol. The minimum atomic E-state index is -2.87. The highest BCUT2D eigenvalue weighted by molar-refractivity contribution is 5.58. The number of halogens is 2. The fourth-order valence-electron chi connectivity index (χ4n) is 1.91. The Balaban J connectivity index is 2.90. The standard InChI is InChI=1S/C16H23F2NO2/c1-4-8-19-11-12(5-2)9-13-6-7-14(20-3)15(10-13)21-16(17)18/h6-7,9-10,16,19H,4-5,8,11H2,1-3H3. The van der Waals surface area contributed by atoms with Crippen LogP contribution in [0.2, 0.25) is 0 Å². The zero-order chi connectivity index (χ0) is 15.7. The molecule has 0 aliphatic carbocycles. The molecule has 1 rings (SSSR count). The molecule has 0 amide bonds. The number of benzene rings is 1. The molecule has 21 heavy (non-hydrogen) atoms. The van der Waals surface area contributed by atoms with Gasteiger partial charge in [-0.05, 0) is 37.1 Å². The van der Waals surface area contributed by atoms with E-state index in [0.29, 0.717) is 5.75 Å². The SMILES string of the molecule is CCCNCC(=Cc1ccc(OC)c(OC(F)F)c1)CC. The molecule has 0 heterocycles. The Bertz CT molecular complexity index is 462. The lowest BCUT2D eigenvalue weighted by Gasteiger charge is -2.11. The van der Waals surface area contributed by atoms with Gasteiger partial charge in [0.05, 0.1) is 7.11 Å². The Morgan fingerprint density at radius 2 is 2.05 bits per heavy atom. The highest BCUT2D eigenvalue weighted by atomic mass is 19.3. The molecule has 0 aliphatic rings. The lowest BCUT2D eigenvalue weighted by Crippen LogP contribution is -2.17. The first-order chi connectivity index (χ1) is 10.1. The maximum atomic E-state index is 12.4. The Morgan fingerprint density at radius 1 is 1.29 bits per heavy atom. The summed E-state index contributed by atoms with van der Waals surface area (Å²) in [5, 5.41) is 3.33. The van der Waals surface area contributed by atoms with Gasteiger partial charge < -0.3 is 14.8 Å². The van der Waals surface area contributed by atoms with Crippen molar-refractivity contribution >= 4 is 6.08 Å². The summed E-state index contributed by atoms with van der Waals surface area (Å²) in [7, 11) is 1.43. The summed E-state index contributed by atoms with van der Waals surface area (Å²) in [5.41, 5.74) is 2.03. The molecule has 1 aromatic carbocycles. The minimum Gasteiger partial charge on any atom is -0.493 e. The number of alkyl halides is 2. The summed E-state index contributed by atoms with van der Waals surface area (Å²) in [6, 6.07) is 5.03. The van der Waals surface area contributed by atoms with Crippen molar-refractivity contribution in [1.29, 1.82) is 0 Å². The summed E-state index contributed by atoms with van der Waals surface area (Å²) in [6.07, 6.45) is 3.96. The minimum absolute atomic E-state index is 0.0539. The monoisotopic (exact) mass is 299 g/mol. The van der Waals surface area contributed by atoms with Crippen LogP contribution in [0.4, 0.5) is 8.78 Å². The number of nitrogens with one attached hydrogen (secondary N) is 1. The van der Waals surface area contributed by atoms with Gasteiger partial charge in [-0.15, -0.1) is 0 Å². The maximum Gasteiger partial charge on any atom is 0.387 e. The summed E-state index contributed by atoms with van der Waals surface area (Å²) in [4.78, 5) is 0. The van der Waals surface area contributed by atoms with Gasteiger partial charge in [0, 0.05) is 6.54 Å². The van der Waals surface area contributed by atoms with Gasteiger partial charge in [0.2, 0.25) is 0 Å². The van der Waals surface area contributed by atoms with Crippen LogP contribution in [-0.2, 0) is 0 Å². The van der Waals surface area contributed by atoms with Crippen molar-refractivity contribution in [1.82, 2.24) is 5.32 Å². The van der Waals surface area contributed by atoms with E-state index in [1.165, 1.54) is 12.7 Å². The smallest absolute Gasteiger partial charge is 0.387 e. The molecule has 5 heteroatoms. The Labute approximate surface area is 124 Å². The van der Waals surface area contributed by atoms with Crippen molar-refractivity contribution in [3.05, 3.63) is 29.3 Å². The molecular formula is C16H23F2NO2. The van der Waals surface area contributed by atoms with Crippen molar-refractivity contribution in [3.63, 3.8) is 0 Å². The zero-order valence-electron chi connectivity index (χ0n) is 12.8. The van der Waals surface area contributed by atoms with E-state index in [1.54, 1.807) is 12.1 Å². The van der Waals surface area contributed by atoms with Crippen LogP contribution in [0.15, 0.2) is 23.8 Å². The zero-order valence-corrected chi connectivity index (χ0v) is 12.8. The largest absolute Gasteiger partial charge is 0.493 e. The Morgan fingerprint density at radius 3 is 2.62 bits per heavy atom. The van der Waals surface area contributed by atoms with Crippen LogP contribution in [-0.4, -0.2) is 26.8 Å². The second kappa shape index (κ2) is 9.34. The van der Waals surface area contributed by atoms with Gasteiger partial charge in [-0.25, -0.2) is 0 Å². The molecule has 0 spiro atoms. The normalized spacial score (nSPS) is 11.8. The third-order valence-electron chi connectivity index (χ3n) is 3.01. The Kier molecular flexibility index (Phi) is 7.75. The van der Waals surface area contributed by atoms with Crippen LogP contribution in [0.3, 0.4) is 0 Å². The molecule has 1 aromatic rings. The van der Waals surface area contributed by atoms with E-state index < -0.39 is 6.61 Å². The van der Waals surface area contributed by atoms with E-state index in [4.69, 9.17) is 4.74 Å². The van der Waals surface area contributed by atoms with Crippen LogP contribution >= 0.6 is 0 Å². The molecule has 3 nitrogen and oxygen atoms in total. The van der Waals surface area contributed by atoms with Gasteiger partial charge in [-0.2, -0.15) is 8.78 Å². The van der Waals surface area contributed by atoms with Crippen LogP contribution in [0.5, 0.6) is 11.5 Å². The Hall–Kier alpha value is -1.62. The molecular weight excluding hydrogens is 276 g/mol. The molecule has 0 unspecified atom stereocenters. The molecule has 1 N–H and O–H groups in total. The van der Waals surface area contributed by atoms with Crippen LogP contribution in [0.25, 0.3) is 6.08 Å². The van der Waals surface area contributed by atoms with Gasteiger partial charge in [-0.3, -0.25) is 0 Å². The van der Waals surface area contributed by atoms with E-state index in [1.807, 2.05) is 12.1 Å². The van der Waals surface area contributed by atoms with E-state index in [0.717, 1.165) is 31.5 Å². The van der Waals surface area contributed by atoms with Crippen molar-refractivity contribution in [2.24, 2.45) is 0 Å². The predicted octanol–water partition coefficient (Wildman–Crippen LogP) is 4.09. The lowest BCUT2D eigenvalue weighted by atomic mass is 10.1. The van der Waals surface area contributed by atoms with Crippen molar-refractivity contribution < 1.29 is 18.3 Å². The molecule has 0 fully saturated rings. The summed E-state index contributed by atoms with van der Waals surface area (Å²) >= 11 is 0. The lowest BCUT2D eigenvalue weighted by molar-refractivity contribution is -0.0512. The van der Waals surface area contributed by atoms with Crippen molar-refractivity contribution in [3.8, 4) is 11.5 Å². The second-order valence-corrected chi connectivity index (χ2v) is 4.62. The first kappa shape index (κ1) is 17.4. The molecule has 0 bridgehead atoms. The first-order valence-electron chi connectivity index (χ1n) is 7.13. The van der Waals surface area contributed by atoms with Crippen molar-refractivity contribution in [2.75, 3.05) is 20.2 Å². The quantitative estimate of drug-likeness (QED) is 0.697. The summed E-state index contributed by atoms with van der Waals surface area (Å²) < 4.78 is 34.3. The average Bonchev–Trinajstić information content (AvgIpc) is 2.46. The number of ether oxygens (including phenoxy) is 2. The molecule has 0 radical (unpaired) electrons. The second-order valence-electron chi connectivity index (χ2n) is 4.62. The first-order valence-corrected chi connectivity index (χ1v) is 7.13. The highest BCUT2D eigenvalue weighted by Gasteiger charge is 2.10. The van der Waals surface area contributed by atoms with E-state index in [-0.39, 0.29) is 5.75 Å². The third-order valence-corrected chi connectivity index (χ3v) is 3.01. The molecule has 118 valence electrons. The molecule has 0 atom stereocenters. The topological polar surface area (TPSA) is 30.5 Å². The van der Waals surface area contributed by atoms with Crippen LogP contribution in [0.1, 0.15) is 32.3 Å². The number of rotatable bonds is 9. The average molecular weight is 299 g/mol. The van der Waals surface area contributed by atoms with E-state index in [9.17, 15) is 8.78 Å². The van der Waals surface area contributed by atoms with Crippen molar-refractivity contribution in [2.45, 2.75) is 33.3 Å². The van der Waals surface area contributed by atoms with Gasteiger partial charge in [0.15, 0.2) is 11.5 Å². The third kappa shape index (κ3) is 6.12.